The van der Waals surface area contributed by atoms with E-state index in [1.54, 1.807) is 11.8 Å². The minimum Gasteiger partial charge on any atom is -0.463 e. The lowest BCUT2D eigenvalue weighted by Gasteiger charge is -2.37. The van der Waals surface area contributed by atoms with E-state index >= 15 is 0 Å². The number of nitro groups is 1. The van der Waals surface area contributed by atoms with E-state index < -0.39 is 22.7 Å². The fraction of sp³-hybridized carbons (Fsp3) is 0.150. The number of methoxy groups -OCH3 is 1. The lowest BCUT2D eigenvalue weighted by molar-refractivity contribution is -0.384. The third-order valence-electron chi connectivity index (χ3n) is 4.55. The smallest absolute Gasteiger partial charge is 0.379 e. The number of non-ortho nitro benzene ring substituents is 1. The Hall–Kier alpha value is -3.59. The molecule has 3 rings (SSSR count). The molecule has 0 bridgehead atoms. The first-order valence-corrected chi connectivity index (χ1v) is 8.99. The van der Waals surface area contributed by atoms with E-state index in [4.69, 9.17) is 12.2 Å². The molecule has 0 radical (unpaired) electrons. The Morgan fingerprint density at radius 1 is 1.14 bits per heavy atom. The second kappa shape index (κ2) is 8.19. The molecular weight excluding hydrogens is 394 g/mol. The van der Waals surface area contributed by atoms with Crippen molar-refractivity contribution in [3.63, 3.8) is 0 Å². The highest BCUT2D eigenvalue weighted by Gasteiger charge is 2.37. The summed E-state index contributed by atoms with van der Waals surface area (Å²) in [5.74, 6) is -1.82. The number of allylic oxidation sites excluding steroid dienone is 1. The Bertz CT molecular complexity index is 1020. The molecule has 0 spiro atoms. The molecule has 29 heavy (non-hydrogen) atoms. The zero-order chi connectivity index (χ0) is 21.1. The van der Waals surface area contributed by atoms with Gasteiger partial charge in [-0.15, -0.1) is 0 Å². The van der Waals surface area contributed by atoms with Crippen molar-refractivity contribution < 1.29 is 19.2 Å². The van der Waals surface area contributed by atoms with E-state index in [2.05, 4.69) is 10.1 Å². The summed E-state index contributed by atoms with van der Waals surface area (Å²) in [5, 5.41) is 14.3. The van der Waals surface area contributed by atoms with Gasteiger partial charge in [-0.2, -0.15) is 0 Å². The average Bonchev–Trinajstić information content (AvgIpc) is 2.73. The van der Waals surface area contributed by atoms with E-state index in [1.807, 2.05) is 30.3 Å². The normalized spacial score (nSPS) is 16.3. The second-order valence-electron chi connectivity index (χ2n) is 6.22. The van der Waals surface area contributed by atoms with Crippen LogP contribution < -0.4 is 10.2 Å². The highest BCUT2D eigenvalue weighted by Crippen LogP contribution is 2.34. The van der Waals surface area contributed by atoms with Crippen LogP contribution in [0.1, 0.15) is 18.5 Å². The maximum Gasteiger partial charge on any atom is 0.379 e. The first kappa shape index (κ1) is 20.2. The number of esters is 1. The number of carbonyl (C=O) groups excluding carboxylic acids is 2. The lowest BCUT2D eigenvalue weighted by atomic mass is 9.91. The molecule has 1 N–H and O–H groups in total. The molecule has 148 valence electrons. The van der Waals surface area contributed by atoms with Gasteiger partial charge in [-0.1, -0.05) is 18.2 Å². The third-order valence-corrected chi connectivity index (χ3v) is 4.85. The summed E-state index contributed by atoms with van der Waals surface area (Å²) in [6, 6.07) is 14.1. The number of hydrogen-bond donors (Lipinski definition) is 1. The van der Waals surface area contributed by atoms with Gasteiger partial charge >= 0.3 is 5.97 Å². The molecular formula is C20H17N3O5S. The summed E-state index contributed by atoms with van der Waals surface area (Å²) in [4.78, 5) is 36.9. The quantitative estimate of drug-likeness (QED) is 0.263. The van der Waals surface area contributed by atoms with Crippen LogP contribution in [-0.4, -0.2) is 28.9 Å². The molecule has 1 aliphatic heterocycles. The van der Waals surface area contributed by atoms with Gasteiger partial charge in [-0.3, -0.25) is 19.8 Å². The number of rotatable bonds is 5. The van der Waals surface area contributed by atoms with Crippen LogP contribution in [0.15, 0.2) is 65.9 Å². The minimum atomic E-state index is -1.01. The van der Waals surface area contributed by atoms with E-state index in [0.29, 0.717) is 16.4 Å². The van der Waals surface area contributed by atoms with E-state index in [-0.39, 0.29) is 11.3 Å². The van der Waals surface area contributed by atoms with Crippen LogP contribution in [-0.2, 0) is 14.3 Å². The van der Waals surface area contributed by atoms with Crippen LogP contribution in [0, 0.1) is 10.1 Å². The summed E-state index contributed by atoms with van der Waals surface area (Å²) in [6.45, 7) is 1.69. The number of nitro benzene ring substituents is 1. The lowest BCUT2D eigenvalue weighted by Crippen LogP contribution is -2.48. The van der Waals surface area contributed by atoms with Crippen molar-refractivity contribution in [2.45, 2.75) is 13.0 Å². The molecule has 8 nitrogen and oxygen atoms in total. The summed E-state index contributed by atoms with van der Waals surface area (Å²) in [7, 11) is 1.13. The van der Waals surface area contributed by atoms with Crippen molar-refractivity contribution in [2.75, 3.05) is 12.0 Å². The molecule has 0 amide bonds. The number of para-hydroxylation sites is 1. The summed E-state index contributed by atoms with van der Waals surface area (Å²) in [6.07, 6.45) is 0. The molecule has 0 saturated heterocycles. The second-order valence-corrected chi connectivity index (χ2v) is 6.61. The van der Waals surface area contributed by atoms with Crippen LogP contribution in [0.5, 0.6) is 0 Å². The largest absolute Gasteiger partial charge is 0.463 e. The number of thiocarbonyl (C=S) groups is 1. The van der Waals surface area contributed by atoms with Gasteiger partial charge < -0.3 is 10.1 Å². The predicted octanol–water partition coefficient (Wildman–Crippen LogP) is 3.05. The van der Waals surface area contributed by atoms with Crippen molar-refractivity contribution in [1.82, 2.24) is 5.32 Å². The number of benzene rings is 2. The first-order chi connectivity index (χ1) is 13.8. The predicted molar refractivity (Wildman–Crippen MR) is 110 cm³/mol. The summed E-state index contributed by atoms with van der Waals surface area (Å²) in [5.41, 5.74) is 1.82. The SMILES string of the molecule is COC(=O)C(=O)C1=C(C)N(c2ccccc2)C(=S)N[C@@H]1c1ccc([N+](=O)[O-])cc1. The van der Waals surface area contributed by atoms with E-state index in [1.165, 1.54) is 24.3 Å². The van der Waals surface area contributed by atoms with Crippen LogP contribution in [0.2, 0.25) is 0 Å². The van der Waals surface area contributed by atoms with Gasteiger partial charge in [0.15, 0.2) is 5.11 Å². The van der Waals surface area contributed by atoms with E-state index in [0.717, 1.165) is 12.8 Å². The Balaban J connectivity index is 2.14. The molecule has 9 heteroatoms. The standard InChI is InChI=1S/C20H17N3O5S/c1-12-16(18(24)19(25)28-2)17(13-8-10-15(11-9-13)23(26)27)21-20(29)22(12)14-6-4-3-5-7-14/h3-11,17H,1-2H3,(H,21,29)/t17-/m1/s1. The maximum absolute atomic E-state index is 12.8. The van der Waals surface area contributed by atoms with Crippen molar-refractivity contribution in [3.8, 4) is 0 Å². The molecule has 1 aliphatic rings. The fourth-order valence-corrected chi connectivity index (χ4v) is 3.53. The molecule has 0 unspecified atom stereocenters. The van der Waals surface area contributed by atoms with Gasteiger partial charge in [0, 0.05) is 23.5 Å². The third kappa shape index (κ3) is 3.85. The zero-order valence-corrected chi connectivity index (χ0v) is 16.4. The first-order valence-electron chi connectivity index (χ1n) is 8.58. The van der Waals surface area contributed by atoms with Gasteiger partial charge in [0.25, 0.3) is 11.5 Å². The van der Waals surface area contributed by atoms with Gasteiger partial charge in [0.1, 0.15) is 0 Å². The number of carbonyl (C=O) groups is 2. The Morgan fingerprint density at radius 2 is 1.76 bits per heavy atom. The van der Waals surface area contributed by atoms with Crippen molar-refractivity contribution in [3.05, 3.63) is 81.5 Å². The van der Waals surface area contributed by atoms with Gasteiger partial charge in [-0.25, -0.2) is 4.79 Å². The van der Waals surface area contributed by atoms with Crippen LogP contribution in [0.4, 0.5) is 11.4 Å². The van der Waals surface area contributed by atoms with E-state index in [9.17, 15) is 19.7 Å². The number of ether oxygens (including phenoxy) is 1. The van der Waals surface area contributed by atoms with Crippen LogP contribution in [0.25, 0.3) is 0 Å². The summed E-state index contributed by atoms with van der Waals surface area (Å²) >= 11 is 5.51. The zero-order valence-electron chi connectivity index (χ0n) is 15.6. The summed E-state index contributed by atoms with van der Waals surface area (Å²) < 4.78 is 4.63. The number of ketones is 1. The Kier molecular flexibility index (Phi) is 5.69. The molecule has 0 fully saturated rings. The van der Waals surface area contributed by atoms with Crippen molar-refractivity contribution in [1.29, 1.82) is 0 Å². The average molecular weight is 411 g/mol. The number of nitrogens with zero attached hydrogens (tertiary/aromatic N) is 2. The molecule has 1 atom stereocenters. The highest BCUT2D eigenvalue weighted by atomic mass is 32.1. The monoisotopic (exact) mass is 411 g/mol. The van der Waals surface area contributed by atoms with Gasteiger partial charge in [0.2, 0.25) is 0 Å². The molecule has 2 aromatic carbocycles. The number of nitrogens with one attached hydrogen (secondary N) is 1. The molecule has 2 aromatic rings. The molecule has 0 saturated carbocycles. The number of Topliss-reactive ketones (excluding diaryl/α,β-unsaturated/α-hetero) is 1. The number of anilines is 1. The van der Waals surface area contributed by atoms with Gasteiger partial charge in [-0.05, 0) is 49.0 Å². The minimum absolute atomic E-state index is 0.0837. The van der Waals surface area contributed by atoms with Gasteiger partial charge in [0.05, 0.1) is 23.6 Å². The fourth-order valence-electron chi connectivity index (χ4n) is 3.17. The molecule has 0 aliphatic carbocycles. The Labute approximate surface area is 171 Å². The van der Waals surface area contributed by atoms with Crippen LogP contribution >= 0.6 is 12.2 Å². The molecule has 0 aromatic heterocycles. The molecule has 1 heterocycles. The topological polar surface area (TPSA) is 102 Å². The number of hydrogen-bond acceptors (Lipinski definition) is 6. The van der Waals surface area contributed by atoms with Crippen molar-refractivity contribution >= 4 is 40.5 Å². The maximum atomic E-state index is 12.8. The highest BCUT2D eigenvalue weighted by molar-refractivity contribution is 7.80. The van der Waals surface area contributed by atoms with Crippen LogP contribution in [0.3, 0.4) is 0 Å². The Morgan fingerprint density at radius 3 is 2.31 bits per heavy atom. The van der Waals surface area contributed by atoms with Crippen molar-refractivity contribution in [2.24, 2.45) is 0 Å².